The molecule has 0 saturated heterocycles. The molecule has 2 aromatic heterocycles. The highest BCUT2D eigenvalue weighted by Gasteiger charge is 2.19. The third-order valence-electron chi connectivity index (χ3n) is 3.57. The zero-order valence-corrected chi connectivity index (χ0v) is 15.2. The van der Waals surface area contributed by atoms with Crippen LogP contribution in [-0.2, 0) is 13.0 Å². The van der Waals surface area contributed by atoms with Gasteiger partial charge in [0, 0.05) is 18.9 Å². The molecular weight excluding hydrogens is 374 g/mol. The van der Waals surface area contributed by atoms with Crippen molar-refractivity contribution < 1.29 is 18.3 Å². The quantitative estimate of drug-likeness (QED) is 0.666. The van der Waals surface area contributed by atoms with Gasteiger partial charge in [0.2, 0.25) is 0 Å². The fraction of sp³-hybridized carbons (Fsp3) is 0.222. The molecule has 0 spiro atoms. The fourth-order valence-corrected chi connectivity index (χ4v) is 3.39. The van der Waals surface area contributed by atoms with Gasteiger partial charge in [-0.15, -0.1) is 11.3 Å². The lowest BCUT2D eigenvalue weighted by molar-refractivity contribution is -0.0498. The molecule has 0 atom stereocenters. The van der Waals surface area contributed by atoms with E-state index in [-0.39, 0.29) is 18.2 Å². The molecule has 0 saturated carbocycles. The fourth-order valence-electron chi connectivity index (χ4n) is 2.37. The van der Waals surface area contributed by atoms with E-state index in [9.17, 15) is 13.6 Å². The first kappa shape index (κ1) is 18.8. The van der Waals surface area contributed by atoms with E-state index in [2.05, 4.69) is 25.0 Å². The van der Waals surface area contributed by atoms with E-state index in [1.807, 2.05) is 6.92 Å². The minimum atomic E-state index is -2.89. The Bertz CT molecular complexity index is 919. The molecule has 1 amide bonds. The first-order valence-corrected chi connectivity index (χ1v) is 8.97. The molecule has 0 unspecified atom stereocenters. The molecule has 9 heteroatoms. The molecule has 1 aromatic carbocycles. The van der Waals surface area contributed by atoms with Crippen LogP contribution in [0, 0.1) is 0 Å². The number of benzene rings is 1. The number of hydrogen-bond donors (Lipinski definition) is 1. The lowest BCUT2D eigenvalue weighted by Crippen LogP contribution is -2.23. The Morgan fingerprint density at radius 1 is 1.26 bits per heavy atom. The predicted octanol–water partition coefficient (Wildman–Crippen LogP) is 3.69. The minimum absolute atomic E-state index is 0.0484. The Hall–Kier alpha value is -2.94. The van der Waals surface area contributed by atoms with Gasteiger partial charge in [0.05, 0.1) is 5.69 Å². The topological polar surface area (TPSA) is 77.0 Å². The second-order valence-electron chi connectivity index (χ2n) is 5.43. The highest BCUT2D eigenvalue weighted by atomic mass is 32.1. The van der Waals surface area contributed by atoms with Gasteiger partial charge >= 0.3 is 6.61 Å². The maximum absolute atomic E-state index is 12.6. The van der Waals surface area contributed by atoms with Crippen molar-refractivity contribution in [1.82, 2.24) is 20.3 Å². The van der Waals surface area contributed by atoms with Crippen molar-refractivity contribution in [3.8, 4) is 16.6 Å². The summed E-state index contributed by atoms with van der Waals surface area (Å²) >= 11 is 1.22. The molecule has 27 heavy (non-hydrogen) atoms. The average Bonchev–Trinajstić information content (AvgIpc) is 3.11. The molecule has 0 aliphatic carbocycles. The summed E-state index contributed by atoms with van der Waals surface area (Å²) in [6, 6.07) is 7.91. The van der Waals surface area contributed by atoms with Gasteiger partial charge in [0.1, 0.15) is 10.6 Å². The third kappa shape index (κ3) is 4.82. The van der Waals surface area contributed by atoms with Gasteiger partial charge in [-0.2, -0.15) is 8.78 Å². The van der Waals surface area contributed by atoms with E-state index in [0.717, 1.165) is 0 Å². The molecule has 0 aliphatic heterocycles. The van der Waals surface area contributed by atoms with E-state index in [1.165, 1.54) is 23.5 Å². The van der Waals surface area contributed by atoms with Gasteiger partial charge in [-0.25, -0.2) is 15.0 Å². The van der Waals surface area contributed by atoms with Crippen molar-refractivity contribution >= 4 is 17.2 Å². The van der Waals surface area contributed by atoms with Crippen LogP contribution in [0.1, 0.15) is 27.9 Å². The van der Waals surface area contributed by atoms with E-state index in [1.54, 1.807) is 30.6 Å². The predicted molar refractivity (Wildman–Crippen MR) is 96.8 cm³/mol. The van der Waals surface area contributed by atoms with Crippen LogP contribution in [0.15, 0.2) is 42.7 Å². The van der Waals surface area contributed by atoms with Gasteiger partial charge in [-0.3, -0.25) is 4.79 Å². The summed E-state index contributed by atoms with van der Waals surface area (Å²) in [6.45, 7) is -0.804. The zero-order valence-electron chi connectivity index (χ0n) is 14.4. The first-order chi connectivity index (χ1) is 13.1. The van der Waals surface area contributed by atoms with Crippen molar-refractivity contribution in [3.05, 3.63) is 58.9 Å². The standard InChI is InChI=1S/C18H16F2N4O2S/c1-2-13-14(27-17(24-13)15-21-7-4-8-22-15)16(25)23-10-11-5-3-6-12(9-11)26-18(19)20/h3-9,18H,2,10H2,1H3,(H,23,25). The number of carbonyl (C=O) groups excluding carboxylic acids is 1. The first-order valence-electron chi connectivity index (χ1n) is 8.16. The highest BCUT2D eigenvalue weighted by molar-refractivity contribution is 7.17. The molecule has 0 bridgehead atoms. The molecule has 140 valence electrons. The number of hydrogen-bond acceptors (Lipinski definition) is 6. The number of amides is 1. The van der Waals surface area contributed by atoms with Crippen molar-refractivity contribution in [1.29, 1.82) is 0 Å². The van der Waals surface area contributed by atoms with E-state index >= 15 is 0 Å². The monoisotopic (exact) mass is 390 g/mol. The van der Waals surface area contributed by atoms with Gasteiger partial charge in [-0.1, -0.05) is 19.1 Å². The van der Waals surface area contributed by atoms with Crippen LogP contribution < -0.4 is 10.1 Å². The molecular formula is C18H16F2N4O2S. The summed E-state index contributed by atoms with van der Waals surface area (Å²) in [5.41, 5.74) is 1.31. The number of halogens is 2. The number of carbonyl (C=O) groups is 1. The molecule has 1 N–H and O–H groups in total. The second kappa shape index (κ2) is 8.63. The van der Waals surface area contributed by atoms with Crippen LogP contribution in [-0.4, -0.2) is 27.5 Å². The smallest absolute Gasteiger partial charge is 0.387 e. The second-order valence-corrected chi connectivity index (χ2v) is 6.43. The maximum Gasteiger partial charge on any atom is 0.387 e. The number of aromatic nitrogens is 3. The molecule has 0 radical (unpaired) electrons. The Morgan fingerprint density at radius 3 is 2.74 bits per heavy atom. The number of nitrogens with zero attached hydrogens (tertiary/aromatic N) is 3. The normalized spacial score (nSPS) is 10.8. The van der Waals surface area contributed by atoms with Crippen molar-refractivity contribution in [3.63, 3.8) is 0 Å². The Morgan fingerprint density at radius 2 is 2.04 bits per heavy atom. The summed E-state index contributed by atoms with van der Waals surface area (Å²) in [4.78, 5) is 25.8. The van der Waals surface area contributed by atoms with Gasteiger partial charge < -0.3 is 10.1 Å². The number of nitrogens with one attached hydrogen (secondary N) is 1. The van der Waals surface area contributed by atoms with Crippen LogP contribution >= 0.6 is 11.3 Å². The van der Waals surface area contributed by atoms with Crippen molar-refractivity contribution in [2.24, 2.45) is 0 Å². The van der Waals surface area contributed by atoms with Gasteiger partial charge in [0.25, 0.3) is 5.91 Å². The molecule has 0 aliphatic rings. The van der Waals surface area contributed by atoms with Crippen molar-refractivity contribution in [2.75, 3.05) is 0 Å². The zero-order chi connectivity index (χ0) is 19.2. The Kier molecular flexibility index (Phi) is 6.02. The summed E-state index contributed by atoms with van der Waals surface area (Å²) in [5.74, 6) is 0.229. The number of ether oxygens (including phenoxy) is 1. The summed E-state index contributed by atoms with van der Waals surface area (Å²) in [7, 11) is 0. The summed E-state index contributed by atoms with van der Waals surface area (Å²) < 4.78 is 29.0. The van der Waals surface area contributed by atoms with Gasteiger partial charge in [-0.05, 0) is 30.2 Å². The number of aryl methyl sites for hydroxylation is 1. The SMILES string of the molecule is CCc1nc(-c2ncccn2)sc1C(=O)NCc1cccc(OC(F)F)c1. The van der Waals surface area contributed by atoms with E-state index < -0.39 is 6.61 Å². The maximum atomic E-state index is 12.6. The van der Waals surface area contributed by atoms with Crippen LogP contribution in [0.3, 0.4) is 0 Å². The van der Waals surface area contributed by atoms with Gasteiger partial charge in [0.15, 0.2) is 10.8 Å². The van der Waals surface area contributed by atoms with Crippen LogP contribution in [0.2, 0.25) is 0 Å². The lowest BCUT2D eigenvalue weighted by atomic mass is 10.2. The number of rotatable bonds is 7. The Labute approximate surface area is 158 Å². The number of alkyl halides is 2. The average molecular weight is 390 g/mol. The van der Waals surface area contributed by atoms with Crippen LogP contribution in [0.4, 0.5) is 8.78 Å². The Balaban J connectivity index is 1.72. The van der Waals surface area contributed by atoms with E-state index in [0.29, 0.717) is 33.4 Å². The molecule has 3 rings (SSSR count). The van der Waals surface area contributed by atoms with Crippen molar-refractivity contribution in [2.45, 2.75) is 26.5 Å². The van der Waals surface area contributed by atoms with Crippen LogP contribution in [0.25, 0.3) is 10.8 Å². The molecule has 6 nitrogen and oxygen atoms in total. The molecule has 0 fully saturated rings. The molecule has 2 heterocycles. The number of thiazole rings is 1. The molecule has 3 aromatic rings. The highest BCUT2D eigenvalue weighted by Crippen LogP contribution is 2.26. The van der Waals surface area contributed by atoms with Crippen LogP contribution in [0.5, 0.6) is 5.75 Å². The largest absolute Gasteiger partial charge is 0.435 e. The van der Waals surface area contributed by atoms with E-state index in [4.69, 9.17) is 0 Å². The summed E-state index contributed by atoms with van der Waals surface area (Å²) in [6.07, 6.45) is 3.82. The summed E-state index contributed by atoms with van der Waals surface area (Å²) in [5, 5.41) is 3.36. The lowest BCUT2D eigenvalue weighted by Gasteiger charge is -2.08. The minimum Gasteiger partial charge on any atom is -0.435 e. The third-order valence-corrected chi connectivity index (χ3v) is 4.66.